The predicted molar refractivity (Wildman–Crippen MR) is 105 cm³/mol. The molecule has 2 aromatic carbocycles. The van der Waals surface area contributed by atoms with Gasteiger partial charge in [-0.15, -0.1) is 0 Å². The van der Waals surface area contributed by atoms with Crippen molar-refractivity contribution in [2.45, 2.75) is 13.0 Å². The van der Waals surface area contributed by atoms with Crippen LogP contribution in [0.15, 0.2) is 48.5 Å². The Bertz CT molecular complexity index is 746. The number of nitrogens with zero attached hydrogens (tertiary/aromatic N) is 2. The van der Waals surface area contributed by atoms with Crippen LogP contribution in [-0.4, -0.2) is 49.1 Å². The van der Waals surface area contributed by atoms with Crippen molar-refractivity contribution in [3.05, 3.63) is 59.1 Å². The number of amides is 2. The van der Waals surface area contributed by atoms with Gasteiger partial charge in [0.05, 0.1) is 12.8 Å². The van der Waals surface area contributed by atoms with E-state index in [1.165, 1.54) is 5.56 Å². The van der Waals surface area contributed by atoms with Crippen LogP contribution >= 0.6 is 11.6 Å². The van der Waals surface area contributed by atoms with E-state index in [1.54, 1.807) is 25.3 Å². The number of anilines is 1. The molecule has 2 amide bonds. The Morgan fingerprint density at radius 2 is 1.81 bits per heavy atom. The van der Waals surface area contributed by atoms with Gasteiger partial charge in [0, 0.05) is 37.2 Å². The third kappa shape index (κ3) is 4.29. The summed E-state index contributed by atoms with van der Waals surface area (Å²) in [6.07, 6.45) is 0. The van der Waals surface area contributed by atoms with Gasteiger partial charge < -0.3 is 15.0 Å². The van der Waals surface area contributed by atoms with E-state index in [1.807, 2.05) is 11.0 Å². The van der Waals surface area contributed by atoms with Gasteiger partial charge in [0.15, 0.2) is 0 Å². The summed E-state index contributed by atoms with van der Waals surface area (Å²) in [6.45, 7) is 5.27. The first kappa shape index (κ1) is 18.5. The van der Waals surface area contributed by atoms with E-state index in [2.05, 4.69) is 41.4 Å². The average molecular weight is 374 g/mol. The zero-order chi connectivity index (χ0) is 18.5. The fourth-order valence-electron chi connectivity index (χ4n) is 3.23. The van der Waals surface area contributed by atoms with E-state index >= 15 is 0 Å². The molecular formula is C20H24ClN3O2. The van der Waals surface area contributed by atoms with E-state index in [9.17, 15) is 4.79 Å². The lowest BCUT2D eigenvalue weighted by atomic mass is 10.1. The van der Waals surface area contributed by atoms with Crippen LogP contribution in [0.2, 0.25) is 5.02 Å². The Kier molecular flexibility index (Phi) is 6.01. The lowest BCUT2D eigenvalue weighted by molar-refractivity contribution is 0.119. The minimum Gasteiger partial charge on any atom is -0.495 e. The smallest absolute Gasteiger partial charge is 0.322 e. The third-order valence-electron chi connectivity index (χ3n) is 4.83. The maximum absolute atomic E-state index is 12.6. The standard InChI is InChI=1S/C20H24ClN3O2/c1-15(16-6-4-3-5-7-16)23-10-12-24(13-11-23)20(25)22-18-14-17(21)8-9-19(18)26-2/h3-9,14-15H,10-13H2,1-2H3,(H,22,25). The maximum atomic E-state index is 12.6. The van der Waals surface area contributed by atoms with Crippen molar-refractivity contribution < 1.29 is 9.53 Å². The molecule has 1 aliphatic rings. The first-order valence-electron chi connectivity index (χ1n) is 8.77. The predicted octanol–water partition coefficient (Wildman–Crippen LogP) is 4.26. The molecule has 1 unspecified atom stereocenters. The molecule has 0 saturated carbocycles. The number of hydrogen-bond acceptors (Lipinski definition) is 3. The number of urea groups is 1. The molecule has 1 atom stereocenters. The van der Waals surface area contributed by atoms with Crippen LogP contribution in [0.25, 0.3) is 0 Å². The summed E-state index contributed by atoms with van der Waals surface area (Å²) in [5.41, 5.74) is 1.89. The largest absolute Gasteiger partial charge is 0.495 e. The highest BCUT2D eigenvalue weighted by atomic mass is 35.5. The average Bonchev–Trinajstić information content (AvgIpc) is 2.68. The number of methoxy groups -OCH3 is 1. The molecule has 0 bridgehead atoms. The number of rotatable bonds is 4. The number of carbonyl (C=O) groups is 1. The molecule has 1 saturated heterocycles. The summed E-state index contributed by atoms with van der Waals surface area (Å²) in [4.78, 5) is 16.8. The topological polar surface area (TPSA) is 44.8 Å². The molecule has 1 heterocycles. The first-order valence-corrected chi connectivity index (χ1v) is 9.14. The van der Waals surface area contributed by atoms with E-state index in [-0.39, 0.29) is 6.03 Å². The van der Waals surface area contributed by atoms with Gasteiger partial charge in [-0.2, -0.15) is 0 Å². The second-order valence-electron chi connectivity index (χ2n) is 6.38. The molecule has 138 valence electrons. The number of ether oxygens (including phenoxy) is 1. The normalized spacial score (nSPS) is 16.2. The Morgan fingerprint density at radius 1 is 1.12 bits per heavy atom. The molecule has 3 rings (SSSR count). The van der Waals surface area contributed by atoms with Gasteiger partial charge in [0.25, 0.3) is 0 Å². The van der Waals surface area contributed by atoms with E-state index in [0.717, 1.165) is 13.1 Å². The molecule has 2 aromatic rings. The summed E-state index contributed by atoms with van der Waals surface area (Å²) in [5, 5.41) is 3.46. The highest BCUT2D eigenvalue weighted by Crippen LogP contribution is 2.28. The van der Waals surface area contributed by atoms with Crippen LogP contribution in [-0.2, 0) is 0 Å². The lowest BCUT2D eigenvalue weighted by Gasteiger charge is -2.38. The third-order valence-corrected chi connectivity index (χ3v) is 5.07. The van der Waals surface area contributed by atoms with Gasteiger partial charge in [-0.1, -0.05) is 41.9 Å². The molecule has 1 aliphatic heterocycles. The second kappa shape index (κ2) is 8.43. The molecule has 1 fully saturated rings. The first-order chi connectivity index (χ1) is 12.6. The van der Waals surface area contributed by atoms with E-state index < -0.39 is 0 Å². The molecule has 5 nitrogen and oxygen atoms in total. The summed E-state index contributed by atoms with van der Waals surface area (Å²) >= 11 is 6.03. The van der Waals surface area contributed by atoms with Gasteiger partial charge >= 0.3 is 6.03 Å². The summed E-state index contributed by atoms with van der Waals surface area (Å²) < 4.78 is 5.29. The minimum absolute atomic E-state index is 0.127. The van der Waals surface area contributed by atoms with Crippen molar-refractivity contribution in [2.75, 3.05) is 38.6 Å². The molecule has 26 heavy (non-hydrogen) atoms. The van der Waals surface area contributed by atoms with Crippen LogP contribution in [0.4, 0.5) is 10.5 Å². The van der Waals surface area contributed by atoms with Crippen molar-refractivity contribution in [2.24, 2.45) is 0 Å². The number of benzene rings is 2. The molecule has 0 spiro atoms. The van der Waals surface area contributed by atoms with Gasteiger partial charge in [-0.25, -0.2) is 4.79 Å². The number of halogens is 1. The number of carbonyl (C=O) groups excluding carboxylic acids is 1. The van der Waals surface area contributed by atoms with E-state index in [0.29, 0.717) is 35.6 Å². The zero-order valence-corrected chi connectivity index (χ0v) is 15.9. The Morgan fingerprint density at radius 3 is 2.46 bits per heavy atom. The fraction of sp³-hybridized carbons (Fsp3) is 0.350. The van der Waals surface area contributed by atoms with Crippen LogP contribution < -0.4 is 10.1 Å². The molecular weight excluding hydrogens is 350 g/mol. The zero-order valence-electron chi connectivity index (χ0n) is 15.1. The number of hydrogen-bond donors (Lipinski definition) is 1. The Balaban J connectivity index is 1.58. The van der Waals surface area contributed by atoms with Gasteiger partial charge in [-0.3, -0.25) is 4.90 Å². The molecule has 1 N–H and O–H groups in total. The van der Waals surface area contributed by atoms with Crippen molar-refractivity contribution in [3.63, 3.8) is 0 Å². The van der Waals surface area contributed by atoms with Crippen molar-refractivity contribution in [3.8, 4) is 5.75 Å². The number of nitrogens with one attached hydrogen (secondary N) is 1. The fourth-order valence-corrected chi connectivity index (χ4v) is 3.40. The summed E-state index contributed by atoms with van der Waals surface area (Å²) in [5.74, 6) is 0.596. The van der Waals surface area contributed by atoms with Crippen LogP contribution in [0.3, 0.4) is 0 Å². The molecule has 0 radical (unpaired) electrons. The minimum atomic E-state index is -0.127. The number of piperazine rings is 1. The summed E-state index contributed by atoms with van der Waals surface area (Å²) in [7, 11) is 1.57. The quantitative estimate of drug-likeness (QED) is 0.870. The maximum Gasteiger partial charge on any atom is 0.322 e. The summed E-state index contributed by atoms with van der Waals surface area (Å²) in [6, 6.07) is 15.9. The van der Waals surface area contributed by atoms with Gasteiger partial charge in [0.1, 0.15) is 5.75 Å². The Labute approximate surface area is 159 Å². The van der Waals surface area contributed by atoms with Gasteiger partial charge in [0.2, 0.25) is 0 Å². The van der Waals surface area contributed by atoms with E-state index in [4.69, 9.17) is 16.3 Å². The van der Waals surface area contributed by atoms with Crippen molar-refractivity contribution in [1.82, 2.24) is 9.80 Å². The molecule has 6 heteroatoms. The lowest BCUT2D eigenvalue weighted by Crippen LogP contribution is -2.50. The highest BCUT2D eigenvalue weighted by Gasteiger charge is 2.25. The second-order valence-corrected chi connectivity index (χ2v) is 6.82. The van der Waals surface area contributed by atoms with Gasteiger partial charge in [-0.05, 0) is 30.7 Å². The highest BCUT2D eigenvalue weighted by molar-refractivity contribution is 6.31. The molecule has 0 aliphatic carbocycles. The van der Waals surface area contributed by atoms with Crippen molar-refractivity contribution in [1.29, 1.82) is 0 Å². The molecule has 0 aromatic heterocycles. The van der Waals surface area contributed by atoms with Crippen LogP contribution in [0.1, 0.15) is 18.5 Å². The SMILES string of the molecule is COc1ccc(Cl)cc1NC(=O)N1CCN(C(C)c2ccccc2)CC1. The monoisotopic (exact) mass is 373 g/mol. The van der Waals surface area contributed by atoms with Crippen LogP contribution in [0, 0.1) is 0 Å². The Hall–Kier alpha value is -2.24. The van der Waals surface area contributed by atoms with Crippen molar-refractivity contribution >= 4 is 23.3 Å². The van der Waals surface area contributed by atoms with Crippen LogP contribution in [0.5, 0.6) is 5.75 Å².